The smallest absolute Gasteiger partial charge is 0.247 e. The number of thioether (sulfide) groups is 1. The van der Waals surface area contributed by atoms with Gasteiger partial charge in [0.1, 0.15) is 5.75 Å². The van der Waals surface area contributed by atoms with Crippen LogP contribution in [0.25, 0.3) is 22.0 Å². The van der Waals surface area contributed by atoms with Crippen molar-refractivity contribution in [2.75, 3.05) is 18.2 Å². The summed E-state index contributed by atoms with van der Waals surface area (Å²) in [5.41, 5.74) is 3.37. The van der Waals surface area contributed by atoms with Gasteiger partial charge in [-0.15, -0.1) is 10.2 Å². The molecule has 0 aliphatic carbocycles. The molecule has 5 rings (SSSR count). The number of anilines is 1. The predicted octanol–water partition coefficient (Wildman–Crippen LogP) is 5.71. The Labute approximate surface area is 185 Å². The van der Waals surface area contributed by atoms with Crippen LogP contribution in [0.2, 0.25) is 0 Å². The normalized spacial score (nSPS) is 14.7. The van der Waals surface area contributed by atoms with Crippen molar-refractivity contribution in [1.82, 2.24) is 15.2 Å². The number of aromatic nitrogens is 3. The first-order valence-corrected chi connectivity index (χ1v) is 11.2. The highest BCUT2D eigenvalue weighted by atomic mass is 32.2. The lowest BCUT2D eigenvalue weighted by molar-refractivity contribution is 0.221. The van der Waals surface area contributed by atoms with Crippen molar-refractivity contribution in [2.24, 2.45) is 0 Å². The molecule has 1 aliphatic rings. The molecule has 1 atom stereocenters. The van der Waals surface area contributed by atoms with Crippen molar-refractivity contribution < 1.29 is 9.47 Å². The van der Waals surface area contributed by atoms with Crippen molar-refractivity contribution in [3.05, 3.63) is 66.2 Å². The van der Waals surface area contributed by atoms with Crippen LogP contribution < -0.4 is 14.8 Å². The Kier molecular flexibility index (Phi) is 5.34. The van der Waals surface area contributed by atoms with Gasteiger partial charge in [0, 0.05) is 17.0 Å². The zero-order valence-electron chi connectivity index (χ0n) is 17.3. The molecule has 0 saturated heterocycles. The van der Waals surface area contributed by atoms with Crippen molar-refractivity contribution >= 4 is 28.2 Å². The zero-order chi connectivity index (χ0) is 21.2. The molecule has 1 aromatic heterocycles. The van der Waals surface area contributed by atoms with Crippen LogP contribution in [0, 0.1) is 0 Å². The van der Waals surface area contributed by atoms with Crippen LogP contribution in [0.3, 0.4) is 0 Å². The average Bonchev–Trinajstić information content (AvgIpc) is 2.98. The lowest BCUT2D eigenvalue weighted by atomic mass is 10.0. The molecule has 1 N–H and O–H groups in total. The van der Waals surface area contributed by atoms with Gasteiger partial charge in [-0.1, -0.05) is 67.2 Å². The van der Waals surface area contributed by atoms with Crippen molar-refractivity contribution in [1.29, 1.82) is 0 Å². The number of benzene rings is 3. The van der Waals surface area contributed by atoms with Crippen LogP contribution >= 0.6 is 11.8 Å². The SMILES string of the molecule is CCCSc1nnc2c(n1)O[C@@H](c1c(OC)ccc3ccccc13)Nc1ccccc1-2. The molecule has 0 bridgehead atoms. The molecule has 0 spiro atoms. The minimum absolute atomic E-state index is 0.464. The van der Waals surface area contributed by atoms with E-state index < -0.39 is 6.23 Å². The fraction of sp³-hybridized carbons (Fsp3) is 0.208. The predicted molar refractivity (Wildman–Crippen MR) is 124 cm³/mol. The number of hydrogen-bond donors (Lipinski definition) is 1. The van der Waals surface area contributed by atoms with Gasteiger partial charge >= 0.3 is 0 Å². The second-order valence-corrected chi connectivity index (χ2v) is 8.25. The first kappa shape index (κ1) is 19.6. The standard InChI is InChI=1S/C24H22N4O2S/c1-3-14-31-24-26-23-21(27-28-24)17-10-6-7-11-18(17)25-22(30-23)20-16-9-5-4-8-15(16)12-13-19(20)29-2/h4-13,22,25H,3,14H2,1-2H3/t22-/m0/s1. The molecule has 7 heteroatoms. The van der Waals surface area contributed by atoms with Crippen LogP contribution in [0.5, 0.6) is 11.6 Å². The molecule has 0 fully saturated rings. The summed E-state index contributed by atoms with van der Waals surface area (Å²) < 4.78 is 12.2. The molecule has 156 valence electrons. The Morgan fingerprint density at radius 1 is 1.03 bits per heavy atom. The van der Waals surface area contributed by atoms with Crippen molar-refractivity contribution in [3.63, 3.8) is 0 Å². The van der Waals surface area contributed by atoms with E-state index in [0.717, 1.165) is 45.5 Å². The summed E-state index contributed by atoms with van der Waals surface area (Å²) >= 11 is 1.58. The number of rotatable bonds is 5. The first-order chi connectivity index (χ1) is 15.3. The maximum Gasteiger partial charge on any atom is 0.247 e. The maximum absolute atomic E-state index is 6.48. The minimum Gasteiger partial charge on any atom is -0.496 e. The van der Waals surface area contributed by atoms with E-state index in [9.17, 15) is 0 Å². The van der Waals surface area contributed by atoms with Crippen LogP contribution in [-0.4, -0.2) is 28.0 Å². The second-order valence-electron chi connectivity index (χ2n) is 7.19. The number of nitrogens with one attached hydrogen (secondary N) is 1. The van der Waals surface area contributed by atoms with Crippen LogP contribution in [0.4, 0.5) is 5.69 Å². The first-order valence-electron chi connectivity index (χ1n) is 10.2. The van der Waals surface area contributed by atoms with Gasteiger partial charge in [0.25, 0.3) is 0 Å². The minimum atomic E-state index is -0.510. The summed E-state index contributed by atoms with van der Waals surface area (Å²) in [6.07, 6.45) is 0.524. The van der Waals surface area contributed by atoms with Gasteiger partial charge in [-0.2, -0.15) is 4.98 Å². The van der Waals surface area contributed by atoms with E-state index >= 15 is 0 Å². The molecule has 1 aliphatic heterocycles. The highest BCUT2D eigenvalue weighted by molar-refractivity contribution is 7.99. The third-order valence-corrected chi connectivity index (χ3v) is 6.23. The van der Waals surface area contributed by atoms with Crippen LogP contribution in [0.1, 0.15) is 25.1 Å². The topological polar surface area (TPSA) is 69.2 Å². The van der Waals surface area contributed by atoms with Gasteiger partial charge in [0.05, 0.1) is 12.7 Å². The van der Waals surface area contributed by atoms with Crippen LogP contribution in [-0.2, 0) is 0 Å². The Hall–Kier alpha value is -3.32. The molecule has 3 aromatic carbocycles. The van der Waals surface area contributed by atoms with Gasteiger partial charge < -0.3 is 14.8 Å². The zero-order valence-corrected chi connectivity index (χ0v) is 18.1. The third-order valence-electron chi connectivity index (χ3n) is 5.18. The van der Waals surface area contributed by atoms with Gasteiger partial charge in [-0.25, -0.2) is 0 Å². The summed E-state index contributed by atoms with van der Waals surface area (Å²) in [6.45, 7) is 2.13. The van der Waals surface area contributed by atoms with E-state index in [1.807, 2.05) is 42.5 Å². The quantitative estimate of drug-likeness (QED) is 0.407. The van der Waals surface area contributed by atoms with Crippen LogP contribution in [0.15, 0.2) is 65.8 Å². The van der Waals surface area contributed by atoms with Gasteiger partial charge in [-0.05, 0) is 29.3 Å². The molecule has 0 saturated carbocycles. The molecule has 0 radical (unpaired) electrons. The number of fused-ring (bicyclic) bond motifs is 4. The number of nitrogens with zero attached hydrogens (tertiary/aromatic N) is 3. The highest BCUT2D eigenvalue weighted by Crippen LogP contribution is 2.43. The Morgan fingerprint density at radius 2 is 1.87 bits per heavy atom. The number of hydrogen-bond acceptors (Lipinski definition) is 7. The van der Waals surface area contributed by atoms with E-state index in [1.165, 1.54) is 0 Å². The molecule has 31 heavy (non-hydrogen) atoms. The molecule has 6 nitrogen and oxygen atoms in total. The lowest BCUT2D eigenvalue weighted by Crippen LogP contribution is -2.18. The van der Waals surface area contributed by atoms with Gasteiger partial charge in [0.2, 0.25) is 17.3 Å². The number of para-hydroxylation sites is 1. The molecule has 2 heterocycles. The Balaban J connectivity index is 1.69. The fourth-order valence-electron chi connectivity index (χ4n) is 3.76. The molecular formula is C24H22N4O2S. The number of methoxy groups -OCH3 is 1. The molecule has 0 unspecified atom stereocenters. The van der Waals surface area contributed by atoms with Gasteiger partial charge in [-0.3, -0.25) is 0 Å². The third kappa shape index (κ3) is 3.65. The van der Waals surface area contributed by atoms with Gasteiger partial charge in [0.15, 0.2) is 5.69 Å². The molecule has 0 amide bonds. The molecule has 4 aromatic rings. The Bertz CT molecular complexity index is 1250. The van der Waals surface area contributed by atoms with E-state index in [2.05, 4.69) is 40.6 Å². The molecular weight excluding hydrogens is 408 g/mol. The van der Waals surface area contributed by atoms with E-state index in [1.54, 1.807) is 18.9 Å². The lowest BCUT2D eigenvalue weighted by Gasteiger charge is -2.23. The van der Waals surface area contributed by atoms with Crippen molar-refractivity contribution in [2.45, 2.75) is 24.7 Å². The van der Waals surface area contributed by atoms with E-state index in [0.29, 0.717) is 16.7 Å². The summed E-state index contributed by atoms with van der Waals surface area (Å²) in [7, 11) is 1.68. The van der Waals surface area contributed by atoms with E-state index in [-0.39, 0.29) is 0 Å². The maximum atomic E-state index is 6.48. The monoisotopic (exact) mass is 430 g/mol. The average molecular weight is 431 g/mol. The largest absolute Gasteiger partial charge is 0.496 e. The van der Waals surface area contributed by atoms with Crippen molar-refractivity contribution in [3.8, 4) is 22.9 Å². The summed E-state index contributed by atoms with van der Waals surface area (Å²) in [5, 5.41) is 15.1. The summed E-state index contributed by atoms with van der Waals surface area (Å²) in [6, 6.07) is 20.2. The highest BCUT2D eigenvalue weighted by Gasteiger charge is 2.29. The van der Waals surface area contributed by atoms with E-state index in [4.69, 9.17) is 14.5 Å². The summed E-state index contributed by atoms with van der Waals surface area (Å²) in [5.74, 6) is 2.14. The number of ether oxygens (including phenoxy) is 2. The fourth-order valence-corrected chi connectivity index (χ4v) is 4.39. The summed E-state index contributed by atoms with van der Waals surface area (Å²) in [4.78, 5) is 4.71. The second kappa shape index (κ2) is 8.43. The Morgan fingerprint density at radius 3 is 2.74 bits per heavy atom.